The first-order valence-corrected chi connectivity index (χ1v) is 6.87. The number of H-pyrrole nitrogens is 1. The summed E-state index contributed by atoms with van der Waals surface area (Å²) in [6.45, 7) is 0.598. The fourth-order valence-corrected chi connectivity index (χ4v) is 2.83. The van der Waals surface area contributed by atoms with E-state index < -0.39 is 16.1 Å². The first kappa shape index (κ1) is 12.1. The number of rotatable bonds is 3. The average Bonchev–Trinajstić information content (AvgIpc) is 2.74. The number of aromatic amines is 1. The fraction of sp³-hybridized carbons (Fsp3) is 0.556. The molecule has 0 spiro atoms. The van der Waals surface area contributed by atoms with E-state index in [1.807, 2.05) is 0 Å². The molecule has 17 heavy (non-hydrogen) atoms. The van der Waals surface area contributed by atoms with Gasteiger partial charge in [0.1, 0.15) is 6.04 Å². The lowest BCUT2D eigenvalue weighted by atomic mass is 10.1. The molecule has 8 heteroatoms. The fourth-order valence-electron chi connectivity index (χ4n) is 1.70. The summed E-state index contributed by atoms with van der Waals surface area (Å²) in [6, 6.07) is 0.641. The van der Waals surface area contributed by atoms with Gasteiger partial charge in [0.15, 0.2) is 5.03 Å². The van der Waals surface area contributed by atoms with Crippen molar-refractivity contribution in [1.29, 1.82) is 0 Å². The minimum Gasteiger partial charge on any atom is -0.355 e. The maximum Gasteiger partial charge on any atom is 0.258 e. The number of sulfonamides is 1. The molecule has 3 N–H and O–H groups in total. The van der Waals surface area contributed by atoms with Crippen LogP contribution in [0.5, 0.6) is 0 Å². The van der Waals surface area contributed by atoms with Gasteiger partial charge in [0.2, 0.25) is 5.91 Å². The van der Waals surface area contributed by atoms with E-state index in [9.17, 15) is 13.2 Å². The topological polar surface area (TPSA) is 104 Å². The van der Waals surface area contributed by atoms with Gasteiger partial charge in [-0.1, -0.05) is 0 Å². The Hall–Kier alpha value is -1.41. The van der Waals surface area contributed by atoms with Crippen LogP contribution in [0.25, 0.3) is 0 Å². The number of hydrogen-bond acceptors (Lipinski definition) is 4. The maximum absolute atomic E-state index is 11.9. The third kappa shape index (κ3) is 2.83. The van der Waals surface area contributed by atoms with Crippen LogP contribution < -0.4 is 10.0 Å². The minimum absolute atomic E-state index is 0.0328. The molecule has 0 saturated carbocycles. The molecule has 1 aromatic heterocycles. The molecule has 1 fully saturated rings. The summed E-state index contributed by atoms with van der Waals surface area (Å²) < 4.78 is 26.1. The zero-order valence-corrected chi connectivity index (χ0v) is 9.96. The van der Waals surface area contributed by atoms with E-state index in [-0.39, 0.29) is 10.9 Å². The van der Waals surface area contributed by atoms with E-state index in [2.05, 4.69) is 20.2 Å². The van der Waals surface area contributed by atoms with Crippen LogP contribution in [0.1, 0.15) is 19.3 Å². The van der Waals surface area contributed by atoms with Gasteiger partial charge in [0.25, 0.3) is 10.0 Å². The van der Waals surface area contributed by atoms with Gasteiger partial charge in [0, 0.05) is 6.54 Å². The van der Waals surface area contributed by atoms with Crippen molar-refractivity contribution in [2.75, 3.05) is 6.54 Å². The largest absolute Gasteiger partial charge is 0.355 e. The number of carbonyl (C=O) groups excluding carboxylic acids is 1. The highest BCUT2D eigenvalue weighted by molar-refractivity contribution is 7.89. The first-order valence-electron chi connectivity index (χ1n) is 5.39. The second-order valence-corrected chi connectivity index (χ2v) is 5.56. The van der Waals surface area contributed by atoms with Crippen molar-refractivity contribution >= 4 is 15.9 Å². The van der Waals surface area contributed by atoms with Crippen LogP contribution in [0.2, 0.25) is 0 Å². The van der Waals surface area contributed by atoms with Crippen molar-refractivity contribution in [3.63, 3.8) is 0 Å². The normalized spacial score (nSPS) is 21.9. The lowest BCUT2D eigenvalue weighted by molar-refractivity contribution is -0.122. The van der Waals surface area contributed by atoms with E-state index in [4.69, 9.17) is 0 Å². The van der Waals surface area contributed by atoms with Crippen molar-refractivity contribution in [3.05, 3.63) is 12.3 Å². The SMILES string of the molecule is O=C1NCCCCC1NS(=O)(=O)c1ccn[nH]1. The summed E-state index contributed by atoms with van der Waals surface area (Å²) in [5.74, 6) is -0.273. The van der Waals surface area contributed by atoms with Gasteiger partial charge in [-0.05, 0) is 25.3 Å². The van der Waals surface area contributed by atoms with E-state index in [1.165, 1.54) is 12.3 Å². The molecule has 1 unspecified atom stereocenters. The van der Waals surface area contributed by atoms with E-state index in [1.54, 1.807) is 0 Å². The molecule has 1 aliphatic heterocycles. The quantitative estimate of drug-likeness (QED) is 0.670. The number of carbonyl (C=O) groups is 1. The van der Waals surface area contributed by atoms with Crippen molar-refractivity contribution in [3.8, 4) is 0 Å². The predicted molar refractivity (Wildman–Crippen MR) is 59.6 cm³/mol. The third-order valence-electron chi connectivity index (χ3n) is 2.60. The smallest absolute Gasteiger partial charge is 0.258 e. The van der Waals surface area contributed by atoms with Gasteiger partial charge < -0.3 is 5.32 Å². The Balaban J connectivity index is 2.12. The summed E-state index contributed by atoms with van der Waals surface area (Å²) in [4.78, 5) is 11.6. The molecule has 1 atom stereocenters. The molecule has 7 nitrogen and oxygen atoms in total. The highest BCUT2D eigenvalue weighted by Gasteiger charge is 2.27. The summed E-state index contributed by atoms with van der Waals surface area (Å²) in [5.41, 5.74) is 0. The molecule has 1 saturated heterocycles. The Morgan fingerprint density at radius 1 is 1.41 bits per heavy atom. The van der Waals surface area contributed by atoms with Gasteiger partial charge in [0.05, 0.1) is 6.20 Å². The van der Waals surface area contributed by atoms with Crippen LogP contribution in [0, 0.1) is 0 Å². The molecular weight excluding hydrogens is 244 g/mol. The van der Waals surface area contributed by atoms with Crippen LogP contribution in [0.15, 0.2) is 17.3 Å². The lowest BCUT2D eigenvalue weighted by Gasteiger charge is -2.14. The van der Waals surface area contributed by atoms with Crippen LogP contribution in [0.4, 0.5) is 0 Å². The maximum atomic E-state index is 11.9. The minimum atomic E-state index is -3.69. The highest BCUT2D eigenvalue weighted by Crippen LogP contribution is 2.10. The summed E-state index contributed by atoms with van der Waals surface area (Å²) in [6.07, 6.45) is 3.55. The van der Waals surface area contributed by atoms with E-state index in [0.717, 1.165) is 12.8 Å². The van der Waals surface area contributed by atoms with Crippen molar-refractivity contribution in [2.45, 2.75) is 30.3 Å². The number of nitrogens with one attached hydrogen (secondary N) is 3. The molecule has 0 aromatic carbocycles. The number of amides is 1. The van der Waals surface area contributed by atoms with Crippen molar-refractivity contribution in [2.24, 2.45) is 0 Å². The van der Waals surface area contributed by atoms with Crippen LogP contribution in [0.3, 0.4) is 0 Å². The lowest BCUT2D eigenvalue weighted by Crippen LogP contribution is -2.45. The number of nitrogens with zero attached hydrogens (tertiary/aromatic N) is 1. The zero-order chi connectivity index (χ0) is 12.3. The van der Waals surface area contributed by atoms with E-state index >= 15 is 0 Å². The first-order chi connectivity index (χ1) is 8.09. The molecule has 0 bridgehead atoms. The van der Waals surface area contributed by atoms with Gasteiger partial charge in [-0.15, -0.1) is 0 Å². The van der Waals surface area contributed by atoms with Gasteiger partial charge in [-0.3, -0.25) is 9.89 Å². The van der Waals surface area contributed by atoms with Crippen LogP contribution >= 0.6 is 0 Å². The van der Waals surface area contributed by atoms with Gasteiger partial charge in [-0.25, -0.2) is 8.42 Å². The molecule has 94 valence electrons. The molecule has 2 heterocycles. The van der Waals surface area contributed by atoms with Crippen molar-refractivity contribution < 1.29 is 13.2 Å². The number of aromatic nitrogens is 2. The summed E-state index contributed by atoms with van der Waals surface area (Å²) in [7, 11) is -3.69. The molecule has 1 aromatic rings. The third-order valence-corrected chi connectivity index (χ3v) is 4.00. The van der Waals surface area contributed by atoms with Crippen LogP contribution in [-0.4, -0.2) is 37.1 Å². The van der Waals surface area contributed by atoms with Crippen LogP contribution in [-0.2, 0) is 14.8 Å². The summed E-state index contributed by atoms with van der Waals surface area (Å²) in [5, 5.41) is 8.58. The average molecular weight is 258 g/mol. The Bertz CT molecular complexity index is 482. The monoisotopic (exact) mass is 258 g/mol. The van der Waals surface area contributed by atoms with Gasteiger partial charge in [-0.2, -0.15) is 9.82 Å². The molecule has 2 rings (SSSR count). The molecule has 1 aliphatic rings. The summed E-state index contributed by atoms with van der Waals surface area (Å²) >= 11 is 0. The number of hydrogen-bond donors (Lipinski definition) is 3. The van der Waals surface area contributed by atoms with Crippen molar-refractivity contribution in [1.82, 2.24) is 20.2 Å². The molecule has 1 amide bonds. The van der Waals surface area contributed by atoms with E-state index in [0.29, 0.717) is 13.0 Å². The van der Waals surface area contributed by atoms with Gasteiger partial charge >= 0.3 is 0 Å². The second-order valence-electron chi connectivity index (χ2n) is 3.88. The zero-order valence-electron chi connectivity index (χ0n) is 9.14. The molecule has 0 radical (unpaired) electrons. The second kappa shape index (κ2) is 4.84. The Morgan fingerprint density at radius 2 is 2.24 bits per heavy atom. The highest BCUT2D eigenvalue weighted by atomic mass is 32.2. The Morgan fingerprint density at radius 3 is 2.94 bits per heavy atom. The molecular formula is C9H14N4O3S. The predicted octanol–water partition coefficient (Wildman–Crippen LogP) is -0.643. The Kier molecular flexibility index (Phi) is 3.43. The standard InChI is InChI=1S/C9H14N4O3S/c14-9-7(3-1-2-5-10-9)13-17(15,16)8-4-6-11-12-8/h4,6-7,13H,1-3,5H2,(H,10,14)(H,11,12). The molecule has 0 aliphatic carbocycles. The Labute approximate surface area is 99.0 Å².